The molecule has 1 amide bonds. The van der Waals surface area contributed by atoms with E-state index in [2.05, 4.69) is 0 Å². The van der Waals surface area contributed by atoms with Crippen molar-refractivity contribution < 1.29 is 9.59 Å². The Kier molecular flexibility index (Phi) is 6.18. The minimum absolute atomic E-state index is 0.0132. The average Bonchev–Trinajstić information content (AvgIpc) is 2.72. The van der Waals surface area contributed by atoms with Crippen LogP contribution in [0.1, 0.15) is 42.5 Å². The Hall–Kier alpha value is -2.46. The Bertz CT molecular complexity index is 740. The zero-order valence-corrected chi connectivity index (χ0v) is 15.1. The smallest absolute Gasteiger partial charge is 0.223 e. The van der Waals surface area contributed by atoms with Crippen LogP contribution in [0.2, 0.25) is 0 Å². The van der Waals surface area contributed by atoms with Gasteiger partial charge in [-0.1, -0.05) is 54.6 Å². The molecule has 4 nitrogen and oxygen atoms in total. The third kappa shape index (κ3) is 4.38. The monoisotopic (exact) mass is 350 g/mol. The Morgan fingerprint density at radius 3 is 2.31 bits per heavy atom. The van der Waals surface area contributed by atoms with Crippen LogP contribution in [0.3, 0.4) is 0 Å². The van der Waals surface area contributed by atoms with Gasteiger partial charge in [0.1, 0.15) is 0 Å². The summed E-state index contributed by atoms with van der Waals surface area (Å²) in [5.74, 6) is 0.0636. The summed E-state index contributed by atoms with van der Waals surface area (Å²) in [4.78, 5) is 26.8. The predicted molar refractivity (Wildman–Crippen MR) is 104 cm³/mol. The molecule has 1 heterocycles. The third-order valence-corrected chi connectivity index (χ3v) is 5.10. The first-order valence-corrected chi connectivity index (χ1v) is 9.37. The summed E-state index contributed by atoms with van der Waals surface area (Å²) in [5, 5.41) is 0. The number of hydrogen-bond acceptors (Lipinski definition) is 3. The van der Waals surface area contributed by atoms with Gasteiger partial charge in [-0.15, -0.1) is 0 Å². The molecule has 1 aliphatic heterocycles. The summed E-state index contributed by atoms with van der Waals surface area (Å²) in [6, 6.07) is 17.8. The van der Waals surface area contributed by atoms with E-state index < -0.39 is 0 Å². The van der Waals surface area contributed by atoms with E-state index in [-0.39, 0.29) is 30.6 Å². The van der Waals surface area contributed by atoms with Crippen LogP contribution in [-0.4, -0.2) is 35.7 Å². The fourth-order valence-corrected chi connectivity index (χ4v) is 3.56. The van der Waals surface area contributed by atoms with E-state index in [1.54, 1.807) is 0 Å². The predicted octanol–water partition coefficient (Wildman–Crippen LogP) is 3.66. The van der Waals surface area contributed by atoms with Gasteiger partial charge in [0, 0.05) is 37.5 Å². The number of piperidine rings is 1. The van der Waals surface area contributed by atoms with E-state index in [0.29, 0.717) is 12.1 Å². The number of carbonyl (C=O) groups is 2. The van der Waals surface area contributed by atoms with Crippen LogP contribution in [0.5, 0.6) is 0 Å². The van der Waals surface area contributed by atoms with Gasteiger partial charge in [0.25, 0.3) is 0 Å². The number of hydrogen-bond donors (Lipinski definition) is 1. The molecule has 1 aliphatic rings. The van der Waals surface area contributed by atoms with Crippen LogP contribution >= 0.6 is 0 Å². The van der Waals surface area contributed by atoms with Gasteiger partial charge < -0.3 is 10.6 Å². The van der Waals surface area contributed by atoms with Crippen molar-refractivity contribution in [3.05, 3.63) is 60.2 Å². The van der Waals surface area contributed by atoms with Gasteiger partial charge in [-0.25, -0.2) is 0 Å². The maximum absolute atomic E-state index is 12.5. The molecule has 0 radical (unpaired) electrons. The summed E-state index contributed by atoms with van der Waals surface area (Å²) >= 11 is 0. The maximum Gasteiger partial charge on any atom is 0.223 e. The molecule has 1 saturated heterocycles. The van der Waals surface area contributed by atoms with Crippen LogP contribution in [0.15, 0.2) is 54.6 Å². The molecule has 4 heteroatoms. The quantitative estimate of drug-likeness (QED) is 0.809. The van der Waals surface area contributed by atoms with Gasteiger partial charge >= 0.3 is 0 Å². The fraction of sp³-hybridized carbons (Fsp3) is 0.364. The number of ketones is 1. The lowest BCUT2D eigenvalue weighted by Crippen LogP contribution is -2.47. The first kappa shape index (κ1) is 18.3. The lowest BCUT2D eigenvalue weighted by Gasteiger charge is -2.35. The number of likely N-dealkylation sites (tertiary alicyclic amines) is 1. The van der Waals surface area contributed by atoms with E-state index >= 15 is 0 Å². The van der Waals surface area contributed by atoms with Gasteiger partial charge in [0.2, 0.25) is 5.91 Å². The lowest BCUT2D eigenvalue weighted by molar-refractivity contribution is -0.134. The van der Waals surface area contributed by atoms with Gasteiger partial charge in [-0.2, -0.15) is 0 Å². The number of carbonyl (C=O) groups excluding carboxylic acids is 2. The molecular formula is C22H26N2O2. The van der Waals surface area contributed by atoms with Crippen molar-refractivity contribution in [2.45, 2.75) is 38.1 Å². The Balaban J connectivity index is 1.57. The van der Waals surface area contributed by atoms with Crippen molar-refractivity contribution in [3.63, 3.8) is 0 Å². The second kappa shape index (κ2) is 8.77. The zero-order valence-electron chi connectivity index (χ0n) is 15.1. The highest BCUT2D eigenvalue weighted by atomic mass is 16.2. The number of benzene rings is 2. The zero-order chi connectivity index (χ0) is 18.4. The fourth-order valence-electron chi connectivity index (χ4n) is 3.56. The standard InChI is InChI=1S/C22H26N2O2/c23-16-20-8-4-5-15-24(20)22(26)14-13-21(25)19-11-9-18(10-12-19)17-6-2-1-3-7-17/h1-3,6-7,9-12,20H,4-5,8,13-16,23H2. The van der Waals surface area contributed by atoms with E-state index in [0.717, 1.165) is 36.9 Å². The van der Waals surface area contributed by atoms with Gasteiger partial charge in [-0.3, -0.25) is 9.59 Å². The van der Waals surface area contributed by atoms with Crippen molar-refractivity contribution >= 4 is 11.7 Å². The summed E-state index contributed by atoms with van der Waals surface area (Å²) in [6.45, 7) is 1.27. The molecule has 0 bridgehead atoms. The Labute approximate surface area is 155 Å². The molecule has 0 spiro atoms. The SMILES string of the molecule is NCC1CCCCN1C(=O)CCC(=O)c1ccc(-c2ccccc2)cc1. The summed E-state index contributed by atoms with van der Waals surface area (Å²) in [7, 11) is 0. The number of rotatable bonds is 6. The molecule has 0 aromatic heterocycles. The van der Waals surface area contributed by atoms with Crippen molar-refractivity contribution in [1.29, 1.82) is 0 Å². The highest BCUT2D eigenvalue weighted by Crippen LogP contribution is 2.21. The topological polar surface area (TPSA) is 63.4 Å². The Morgan fingerprint density at radius 1 is 0.923 bits per heavy atom. The number of amides is 1. The number of nitrogens with zero attached hydrogens (tertiary/aromatic N) is 1. The van der Waals surface area contributed by atoms with E-state index in [1.807, 2.05) is 59.5 Å². The minimum Gasteiger partial charge on any atom is -0.338 e. The van der Waals surface area contributed by atoms with E-state index in [9.17, 15) is 9.59 Å². The first-order valence-electron chi connectivity index (χ1n) is 9.37. The van der Waals surface area contributed by atoms with Gasteiger partial charge in [0.15, 0.2) is 5.78 Å². The minimum atomic E-state index is 0.0132. The third-order valence-electron chi connectivity index (χ3n) is 5.10. The molecular weight excluding hydrogens is 324 g/mol. The lowest BCUT2D eigenvalue weighted by atomic mass is 9.99. The van der Waals surface area contributed by atoms with Crippen LogP contribution in [-0.2, 0) is 4.79 Å². The van der Waals surface area contributed by atoms with Crippen molar-refractivity contribution in [2.24, 2.45) is 5.73 Å². The van der Waals surface area contributed by atoms with Crippen LogP contribution in [0.4, 0.5) is 0 Å². The second-order valence-electron chi connectivity index (χ2n) is 6.84. The number of Topliss-reactive ketones (excluding diaryl/α,β-unsaturated/α-hetero) is 1. The van der Waals surface area contributed by atoms with E-state index in [1.165, 1.54) is 0 Å². The van der Waals surface area contributed by atoms with Gasteiger partial charge in [0.05, 0.1) is 0 Å². The molecule has 0 aliphatic carbocycles. The molecule has 1 atom stereocenters. The van der Waals surface area contributed by atoms with Crippen molar-refractivity contribution in [1.82, 2.24) is 4.90 Å². The van der Waals surface area contributed by atoms with Crippen molar-refractivity contribution in [3.8, 4) is 11.1 Å². The molecule has 2 aromatic rings. The van der Waals surface area contributed by atoms with E-state index in [4.69, 9.17) is 5.73 Å². The summed E-state index contributed by atoms with van der Waals surface area (Å²) in [5.41, 5.74) is 8.64. The molecule has 2 aromatic carbocycles. The largest absolute Gasteiger partial charge is 0.338 e. The average molecular weight is 350 g/mol. The molecule has 0 saturated carbocycles. The number of nitrogens with two attached hydrogens (primary N) is 1. The molecule has 3 rings (SSSR count). The second-order valence-corrected chi connectivity index (χ2v) is 6.84. The Morgan fingerprint density at radius 2 is 1.62 bits per heavy atom. The summed E-state index contributed by atoms with van der Waals surface area (Å²) in [6.07, 6.45) is 3.62. The molecule has 1 fully saturated rings. The van der Waals surface area contributed by atoms with Crippen LogP contribution in [0, 0.1) is 0 Å². The molecule has 136 valence electrons. The van der Waals surface area contributed by atoms with Crippen LogP contribution < -0.4 is 5.73 Å². The maximum atomic E-state index is 12.5. The van der Waals surface area contributed by atoms with Crippen molar-refractivity contribution in [2.75, 3.05) is 13.1 Å². The molecule has 26 heavy (non-hydrogen) atoms. The van der Waals surface area contributed by atoms with Crippen LogP contribution in [0.25, 0.3) is 11.1 Å². The molecule has 2 N–H and O–H groups in total. The normalized spacial score (nSPS) is 17.1. The highest BCUT2D eigenvalue weighted by Gasteiger charge is 2.25. The highest BCUT2D eigenvalue weighted by molar-refractivity contribution is 5.98. The summed E-state index contributed by atoms with van der Waals surface area (Å²) < 4.78 is 0. The van der Waals surface area contributed by atoms with Gasteiger partial charge in [-0.05, 0) is 30.4 Å². The first-order chi connectivity index (χ1) is 12.7. The molecule has 1 unspecified atom stereocenters.